The van der Waals surface area contributed by atoms with E-state index in [-0.39, 0.29) is 36.4 Å². The Hall–Kier alpha value is -1.84. The molecule has 160 valence electrons. The first kappa shape index (κ1) is 23.4. The zero-order chi connectivity index (χ0) is 19.9. The number of guanidine groups is 1. The fourth-order valence-electron chi connectivity index (χ4n) is 4.20. The van der Waals surface area contributed by atoms with Gasteiger partial charge in [0, 0.05) is 25.2 Å². The fraction of sp³-hybridized carbons (Fsp3) is 0.571. The van der Waals surface area contributed by atoms with Crippen molar-refractivity contribution < 1.29 is 9.59 Å². The van der Waals surface area contributed by atoms with Gasteiger partial charge < -0.3 is 21.3 Å². The Morgan fingerprint density at radius 2 is 1.72 bits per heavy atom. The number of halogens is 1. The molecular weight excluding hydrogens is 481 g/mol. The van der Waals surface area contributed by atoms with Crippen LogP contribution in [-0.4, -0.2) is 48.9 Å². The van der Waals surface area contributed by atoms with E-state index in [9.17, 15) is 9.59 Å². The largest absolute Gasteiger partial charge is 0.368 e. The third kappa shape index (κ3) is 6.58. The van der Waals surface area contributed by atoms with Crippen molar-refractivity contribution in [2.24, 2.45) is 22.6 Å². The average Bonchev–Trinajstić information content (AvgIpc) is 3.13. The van der Waals surface area contributed by atoms with Crippen molar-refractivity contribution in [3.05, 3.63) is 35.4 Å². The van der Waals surface area contributed by atoms with Crippen LogP contribution in [0.15, 0.2) is 29.3 Å². The smallest absolute Gasteiger partial charge is 0.251 e. The molecule has 3 rings (SSSR count). The Labute approximate surface area is 189 Å². The third-order valence-corrected chi connectivity index (χ3v) is 5.66. The van der Waals surface area contributed by atoms with Crippen LogP contribution < -0.4 is 16.4 Å². The van der Waals surface area contributed by atoms with Crippen molar-refractivity contribution in [2.45, 2.75) is 39.2 Å². The molecule has 1 saturated heterocycles. The molecule has 0 radical (unpaired) electrons. The highest BCUT2D eigenvalue weighted by Crippen LogP contribution is 2.35. The second-order valence-electron chi connectivity index (χ2n) is 7.73. The highest BCUT2D eigenvalue weighted by molar-refractivity contribution is 14.0. The number of benzene rings is 1. The highest BCUT2D eigenvalue weighted by Gasteiger charge is 2.35. The Balaban J connectivity index is 0.00000300. The maximum absolute atomic E-state index is 11.9. The number of likely N-dealkylation sites (tertiary alicyclic amines) is 1. The number of nitrogens with one attached hydrogen (secondary N) is 2. The molecule has 7 nitrogen and oxygen atoms in total. The number of carbonyl (C=O) groups excluding carboxylic acids is 2. The van der Waals surface area contributed by atoms with E-state index in [4.69, 9.17) is 10.7 Å². The molecule has 2 amide bonds. The minimum Gasteiger partial charge on any atom is -0.368 e. The van der Waals surface area contributed by atoms with Crippen LogP contribution in [0.5, 0.6) is 0 Å². The van der Waals surface area contributed by atoms with E-state index in [1.807, 2.05) is 12.1 Å². The van der Waals surface area contributed by atoms with Crippen LogP contribution in [0.1, 0.15) is 48.5 Å². The quantitative estimate of drug-likeness (QED) is 0.308. The molecule has 0 spiro atoms. The van der Waals surface area contributed by atoms with Gasteiger partial charge in [-0.25, -0.2) is 4.99 Å². The van der Waals surface area contributed by atoms with Crippen LogP contribution in [-0.2, 0) is 11.3 Å². The number of primary amides is 1. The molecular formula is C21H32IN5O2. The topological polar surface area (TPSA) is 99.8 Å². The van der Waals surface area contributed by atoms with E-state index in [0.29, 0.717) is 12.1 Å². The van der Waals surface area contributed by atoms with Crippen molar-refractivity contribution in [3.8, 4) is 0 Å². The number of carbonyl (C=O) groups is 2. The maximum Gasteiger partial charge on any atom is 0.251 e. The lowest BCUT2D eigenvalue weighted by molar-refractivity contribution is -0.117. The summed E-state index contributed by atoms with van der Waals surface area (Å²) in [5.41, 5.74) is 6.59. The van der Waals surface area contributed by atoms with Gasteiger partial charge in [0.15, 0.2) is 5.96 Å². The standard InChI is InChI=1S/C21H31N5O2.HI/c1-2-23-21(26-13-17-5-3-4-6-18(17)14-26)25-11-15-7-9-16(10-8-15)20(28)24-12-19(22)27;/h7-10,17-18H,2-6,11-14H2,1H3,(H2,22,27)(H,23,25)(H,24,28);1H. The number of hydrogen-bond donors (Lipinski definition) is 3. The van der Waals surface area contributed by atoms with E-state index in [0.717, 1.165) is 43.0 Å². The Kier molecular flexibility index (Phi) is 9.19. The van der Waals surface area contributed by atoms with Crippen molar-refractivity contribution in [1.29, 1.82) is 0 Å². The van der Waals surface area contributed by atoms with Gasteiger partial charge >= 0.3 is 0 Å². The zero-order valence-electron chi connectivity index (χ0n) is 17.0. The second-order valence-corrected chi connectivity index (χ2v) is 7.73. The second kappa shape index (κ2) is 11.4. The molecule has 2 unspecified atom stereocenters. The van der Waals surface area contributed by atoms with Crippen LogP contribution in [0, 0.1) is 11.8 Å². The molecule has 29 heavy (non-hydrogen) atoms. The van der Waals surface area contributed by atoms with Crippen LogP contribution in [0.4, 0.5) is 0 Å². The molecule has 1 aromatic carbocycles. The molecule has 0 bridgehead atoms. The Morgan fingerprint density at radius 3 is 2.28 bits per heavy atom. The molecule has 1 aromatic rings. The van der Waals surface area contributed by atoms with Crippen LogP contribution >= 0.6 is 24.0 Å². The first-order valence-electron chi connectivity index (χ1n) is 10.3. The monoisotopic (exact) mass is 513 g/mol. The summed E-state index contributed by atoms with van der Waals surface area (Å²) in [6.45, 7) is 5.57. The summed E-state index contributed by atoms with van der Waals surface area (Å²) in [5.74, 6) is 1.76. The van der Waals surface area contributed by atoms with Crippen molar-refractivity contribution in [3.63, 3.8) is 0 Å². The number of aliphatic imine (C=N–C) groups is 1. The molecule has 1 heterocycles. The molecule has 4 N–H and O–H groups in total. The molecule has 8 heteroatoms. The van der Waals surface area contributed by atoms with Crippen LogP contribution in [0.2, 0.25) is 0 Å². The molecule has 0 aromatic heterocycles. The minimum atomic E-state index is -0.558. The zero-order valence-corrected chi connectivity index (χ0v) is 19.4. The predicted molar refractivity (Wildman–Crippen MR) is 125 cm³/mol. The summed E-state index contributed by atoms with van der Waals surface area (Å²) >= 11 is 0. The van der Waals surface area contributed by atoms with Gasteiger partial charge in [0.05, 0.1) is 13.1 Å². The molecule has 2 aliphatic rings. The van der Waals surface area contributed by atoms with Gasteiger partial charge in [-0.2, -0.15) is 0 Å². The lowest BCUT2D eigenvalue weighted by atomic mass is 9.82. The van der Waals surface area contributed by atoms with Crippen molar-refractivity contribution >= 4 is 41.8 Å². The molecule has 2 atom stereocenters. The number of fused-ring (bicyclic) bond motifs is 1. The van der Waals surface area contributed by atoms with Gasteiger partial charge in [-0.15, -0.1) is 24.0 Å². The fourth-order valence-corrected chi connectivity index (χ4v) is 4.20. The van der Waals surface area contributed by atoms with Crippen LogP contribution in [0.25, 0.3) is 0 Å². The Bertz CT molecular complexity index is 708. The molecule has 1 saturated carbocycles. The summed E-state index contributed by atoms with van der Waals surface area (Å²) < 4.78 is 0. The van der Waals surface area contributed by atoms with E-state index in [2.05, 4.69) is 22.5 Å². The lowest BCUT2D eigenvalue weighted by Gasteiger charge is -2.22. The van der Waals surface area contributed by atoms with E-state index < -0.39 is 5.91 Å². The summed E-state index contributed by atoms with van der Waals surface area (Å²) in [4.78, 5) is 30.0. The number of nitrogens with zero attached hydrogens (tertiary/aromatic N) is 2. The number of hydrogen-bond acceptors (Lipinski definition) is 3. The maximum atomic E-state index is 11.9. The Morgan fingerprint density at radius 1 is 1.10 bits per heavy atom. The van der Waals surface area contributed by atoms with Gasteiger partial charge in [-0.05, 0) is 49.3 Å². The van der Waals surface area contributed by atoms with Crippen molar-refractivity contribution in [2.75, 3.05) is 26.2 Å². The minimum absolute atomic E-state index is 0. The molecule has 2 fully saturated rings. The number of rotatable bonds is 6. The lowest BCUT2D eigenvalue weighted by Crippen LogP contribution is -2.40. The summed E-state index contributed by atoms with van der Waals surface area (Å²) in [6, 6.07) is 7.29. The molecule has 1 aliphatic heterocycles. The van der Waals surface area contributed by atoms with E-state index >= 15 is 0 Å². The van der Waals surface area contributed by atoms with Gasteiger partial charge in [0.1, 0.15) is 0 Å². The molecule has 1 aliphatic carbocycles. The van der Waals surface area contributed by atoms with E-state index in [1.165, 1.54) is 25.7 Å². The SMILES string of the molecule is CCNC(=NCc1ccc(C(=O)NCC(N)=O)cc1)N1CC2CCCCC2C1.I. The van der Waals surface area contributed by atoms with Crippen LogP contribution in [0.3, 0.4) is 0 Å². The van der Waals surface area contributed by atoms with Gasteiger partial charge in [-0.1, -0.05) is 25.0 Å². The number of amides is 2. The predicted octanol–water partition coefficient (Wildman–Crippen LogP) is 2.11. The van der Waals surface area contributed by atoms with Gasteiger partial charge in [-0.3, -0.25) is 9.59 Å². The number of nitrogens with two attached hydrogens (primary N) is 1. The summed E-state index contributed by atoms with van der Waals surface area (Å²) in [5, 5.41) is 5.92. The van der Waals surface area contributed by atoms with Gasteiger partial charge in [0.25, 0.3) is 5.91 Å². The average molecular weight is 513 g/mol. The third-order valence-electron chi connectivity index (χ3n) is 5.66. The summed E-state index contributed by atoms with van der Waals surface area (Å²) in [7, 11) is 0. The van der Waals surface area contributed by atoms with E-state index in [1.54, 1.807) is 12.1 Å². The first-order chi connectivity index (χ1) is 13.6. The first-order valence-corrected chi connectivity index (χ1v) is 10.3. The normalized spacial score (nSPS) is 21.1. The van der Waals surface area contributed by atoms with Gasteiger partial charge in [0.2, 0.25) is 5.91 Å². The summed E-state index contributed by atoms with van der Waals surface area (Å²) in [6.07, 6.45) is 5.42. The van der Waals surface area contributed by atoms with Crippen molar-refractivity contribution in [1.82, 2.24) is 15.5 Å². The highest BCUT2D eigenvalue weighted by atomic mass is 127.